The predicted molar refractivity (Wildman–Crippen MR) is 73.1 cm³/mol. The summed E-state index contributed by atoms with van der Waals surface area (Å²) in [5.41, 5.74) is 2.07. The second-order valence-electron chi connectivity index (χ2n) is 4.37. The molecule has 5 heteroatoms. The molecule has 0 aliphatic carbocycles. The van der Waals surface area contributed by atoms with Crippen LogP contribution in [0.1, 0.15) is 25.2 Å². The van der Waals surface area contributed by atoms with Crippen molar-refractivity contribution < 1.29 is 9.53 Å². The van der Waals surface area contributed by atoms with E-state index in [0.717, 1.165) is 35.9 Å². The fourth-order valence-electron chi connectivity index (χ4n) is 2.07. The summed E-state index contributed by atoms with van der Waals surface area (Å²) in [5, 5.41) is 4.46. The Morgan fingerprint density at radius 2 is 2.44 bits per heavy atom. The van der Waals surface area contributed by atoms with Gasteiger partial charge >= 0.3 is 0 Å². The largest absolute Gasteiger partial charge is 0.369 e. The summed E-state index contributed by atoms with van der Waals surface area (Å²) in [5.74, 6) is 1.97. The third-order valence-corrected chi connectivity index (χ3v) is 4.10. The van der Waals surface area contributed by atoms with Crippen LogP contribution in [0.25, 0.3) is 0 Å². The highest BCUT2D eigenvalue weighted by atomic mass is 32.2. The van der Waals surface area contributed by atoms with E-state index in [-0.39, 0.29) is 11.9 Å². The van der Waals surface area contributed by atoms with Crippen LogP contribution < -0.4 is 0 Å². The van der Waals surface area contributed by atoms with Crippen molar-refractivity contribution in [3.05, 3.63) is 17.5 Å². The molecule has 1 fully saturated rings. The van der Waals surface area contributed by atoms with E-state index >= 15 is 0 Å². The molecule has 2 heterocycles. The minimum atomic E-state index is -0.228. The summed E-state index contributed by atoms with van der Waals surface area (Å²) >= 11 is 1.79. The Kier molecular flexibility index (Phi) is 4.83. The number of hydrogen-bond donors (Lipinski definition) is 0. The molecule has 0 N–H and O–H groups in total. The molecule has 0 amide bonds. The number of rotatable bonds is 5. The number of hydrogen-bond acceptors (Lipinski definition) is 4. The van der Waals surface area contributed by atoms with Gasteiger partial charge in [-0.25, -0.2) is 0 Å². The molecule has 18 heavy (non-hydrogen) atoms. The highest BCUT2D eigenvalue weighted by Gasteiger charge is 2.23. The molecule has 100 valence electrons. The van der Waals surface area contributed by atoms with Crippen molar-refractivity contribution in [3.63, 3.8) is 0 Å². The molecule has 0 bridgehead atoms. The van der Waals surface area contributed by atoms with E-state index in [1.807, 2.05) is 17.7 Å². The van der Waals surface area contributed by atoms with E-state index < -0.39 is 0 Å². The van der Waals surface area contributed by atoms with Gasteiger partial charge < -0.3 is 4.74 Å². The van der Waals surface area contributed by atoms with Gasteiger partial charge in [0, 0.05) is 23.7 Å². The van der Waals surface area contributed by atoms with Gasteiger partial charge in [-0.1, -0.05) is 6.92 Å². The number of carbonyl (C=O) groups is 1. The fourth-order valence-corrected chi connectivity index (χ4v) is 2.95. The smallest absolute Gasteiger partial charge is 0.168 e. The van der Waals surface area contributed by atoms with Gasteiger partial charge in [0.15, 0.2) is 5.78 Å². The van der Waals surface area contributed by atoms with Crippen LogP contribution in [0.4, 0.5) is 0 Å². The molecule has 1 aliphatic heterocycles. The molecule has 1 aliphatic rings. The van der Waals surface area contributed by atoms with Crippen LogP contribution in [0.3, 0.4) is 0 Å². The highest BCUT2D eigenvalue weighted by molar-refractivity contribution is 7.99. The Morgan fingerprint density at radius 1 is 1.61 bits per heavy atom. The van der Waals surface area contributed by atoms with E-state index in [0.29, 0.717) is 13.0 Å². The zero-order valence-electron chi connectivity index (χ0n) is 11.0. The lowest BCUT2D eigenvalue weighted by Gasteiger charge is -2.21. The molecular weight excluding hydrogens is 248 g/mol. The van der Waals surface area contributed by atoms with E-state index in [9.17, 15) is 4.79 Å². The van der Waals surface area contributed by atoms with Crippen molar-refractivity contribution in [2.24, 2.45) is 0 Å². The number of Topliss-reactive ketones (excluding diaryl/α,β-unsaturated/α-hetero) is 1. The SMILES string of the molecule is CCc1cc(CC(=O)C2CSCCO2)n(CC)n1. The summed E-state index contributed by atoms with van der Waals surface area (Å²) in [6, 6.07) is 2.04. The maximum Gasteiger partial charge on any atom is 0.168 e. The number of aromatic nitrogens is 2. The first-order valence-corrected chi connectivity index (χ1v) is 7.67. The maximum atomic E-state index is 12.2. The molecular formula is C13H20N2O2S. The topological polar surface area (TPSA) is 44.1 Å². The number of carbonyl (C=O) groups excluding carboxylic acids is 1. The molecule has 4 nitrogen and oxygen atoms in total. The molecule has 0 spiro atoms. The van der Waals surface area contributed by atoms with Gasteiger partial charge in [-0.15, -0.1) is 0 Å². The Balaban J connectivity index is 2.03. The minimum Gasteiger partial charge on any atom is -0.369 e. The highest BCUT2D eigenvalue weighted by Crippen LogP contribution is 2.16. The minimum absolute atomic E-state index is 0.180. The fraction of sp³-hybridized carbons (Fsp3) is 0.692. The number of nitrogens with zero attached hydrogens (tertiary/aromatic N) is 2. The van der Waals surface area contributed by atoms with Gasteiger partial charge in [0.1, 0.15) is 6.10 Å². The van der Waals surface area contributed by atoms with E-state index in [1.54, 1.807) is 11.8 Å². The second kappa shape index (κ2) is 6.38. The van der Waals surface area contributed by atoms with Crippen LogP contribution in [0.2, 0.25) is 0 Å². The summed E-state index contributed by atoms with van der Waals surface area (Å²) in [7, 11) is 0. The van der Waals surface area contributed by atoms with Gasteiger partial charge in [0.2, 0.25) is 0 Å². The van der Waals surface area contributed by atoms with Crippen LogP contribution in [0, 0.1) is 0 Å². The standard InChI is InChI=1S/C13H20N2O2S/c1-3-10-7-11(15(4-2)14-10)8-12(16)13-9-18-6-5-17-13/h7,13H,3-6,8-9H2,1-2H3. The first-order valence-electron chi connectivity index (χ1n) is 6.52. The lowest BCUT2D eigenvalue weighted by Crippen LogP contribution is -2.33. The molecule has 0 saturated carbocycles. The van der Waals surface area contributed by atoms with Crippen LogP contribution in [0.15, 0.2) is 6.07 Å². The van der Waals surface area contributed by atoms with E-state index in [1.165, 1.54) is 0 Å². The Bertz CT molecular complexity index is 411. The molecule has 1 aromatic rings. The lowest BCUT2D eigenvalue weighted by atomic mass is 10.1. The van der Waals surface area contributed by atoms with E-state index in [2.05, 4.69) is 12.0 Å². The molecule has 0 aromatic carbocycles. The van der Waals surface area contributed by atoms with Crippen molar-refractivity contribution in [2.75, 3.05) is 18.1 Å². The van der Waals surface area contributed by atoms with Crippen LogP contribution >= 0.6 is 11.8 Å². The number of ether oxygens (including phenoxy) is 1. The quantitative estimate of drug-likeness (QED) is 0.815. The van der Waals surface area contributed by atoms with Crippen LogP contribution in [0.5, 0.6) is 0 Å². The van der Waals surface area contributed by atoms with Crippen molar-refractivity contribution in [3.8, 4) is 0 Å². The van der Waals surface area contributed by atoms with Gasteiger partial charge in [-0.3, -0.25) is 9.48 Å². The van der Waals surface area contributed by atoms with Crippen molar-refractivity contribution in [1.82, 2.24) is 9.78 Å². The van der Waals surface area contributed by atoms with E-state index in [4.69, 9.17) is 4.74 Å². The third-order valence-electron chi connectivity index (χ3n) is 3.11. The average molecular weight is 268 g/mol. The number of thioether (sulfide) groups is 1. The number of ketones is 1. The maximum absolute atomic E-state index is 12.2. The van der Waals surface area contributed by atoms with Crippen molar-refractivity contribution >= 4 is 17.5 Å². The van der Waals surface area contributed by atoms with Crippen LogP contribution in [-0.4, -0.2) is 39.8 Å². The molecule has 1 atom stereocenters. The van der Waals surface area contributed by atoms with Crippen molar-refractivity contribution in [1.29, 1.82) is 0 Å². The normalized spacial score (nSPS) is 20.0. The van der Waals surface area contributed by atoms with Gasteiger partial charge in [-0.05, 0) is 19.4 Å². The van der Waals surface area contributed by atoms with Gasteiger partial charge in [0.05, 0.1) is 18.7 Å². The summed E-state index contributed by atoms with van der Waals surface area (Å²) in [6.07, 6.45) is 1.12. The zero-order valence-corrected chi connectivity index (χ0v) is 11.8. The molecule has 1 aromatic heterocycles. The average Bonchev–Trinajstić information content (AvgIpc) is 2.82. The third kappa shape index (κ3) is 3.14. The monoisotopic (exact) mass is 268 g/mol. The Morgan fingerprint density at radius 3 is 3.06 bits per heavy atom. The second-order valence-corrected chi connectivity index (χ2v) is 5.52. The molecule has 1 saturated heterocycles. The van der Waals surface area contributed by atoms with Crippen molar-refractivity contribution in [2.45, 2.75) is 39.3 Å². The van der Waals surface area contributed by atoms with Gasteiger partial charge in [-0.2, -0.15) is 16.9 Å². The Labute approximate surface area is 112 Å². The first kappa shape index (κ1) is 13.6. The molecule has 1 unspecified atom stereocenters. The first-order chi connectivity index (χ1) is 8.74. The van der Waals surface area contributed by atoms with Crippen LogP contribution in [-0.2, 0) is 28.9 Å². The summed E-state index contributed by atoms with van der Waals surface area (Å²) in [6.45, 7) is 5.62. The zero-order chi connectivity index (χ0) is 13.0. The Hall–Kier alpha value is -0.810. The lowest BCUT2D eigenvalue weighted by molar-refractivity contribution is -0.128. The molecule has 2 rings (SSSR count). The number of aryl methyl sites for hydroxylation is 2. The predicted octanol–water partition coefficient (Wildman–Crippen LogP) is 1.71. The molecule has 0 radical (unpaired) electrons. The van der Waals surface area contributed by atoms with Gasteiger partial charge in [0.25, 0.3) is 0 Å². The summed E-state index contributed by atoms with van der Waals surface area (Å²) in [4.78, 5) is 12.2. The summed E-state index contributed by atoms with van der Waals surface area (Å²) < 4.78 is 7.44.